The molecule has 2 aromatic carbocycles. The molecule has 0 saturated carbocycles. The number of aryl methyl sites for hydroxylation is 1. The van der Waals surface area contributed by atoms with E-state index in [0.717, 1.165) is 42.4 Å². The highest BCUT2D eigenvalue weighted by atomic mass is 32.3. The molecule has 9 heteroatoms. The van der Waals surface area contributed by atoms with Gasteiger partial charge in [-0.15, -0.1) is 0 Å². The summed E-state index contributed by atoms with van der Waals surface area (Å²) in [5, 5.41) is 3.88. The van der Waals surface area contributed by atoms with Crippen molar-refractivity contribution in [3.63, 3.8) is 0 Å². The SMILES string of the molecule is CCCCC1(CC)CS(O)(O)c2cc(CCCP(=O)(OCC)OCC)c(OC)cc2C(c2ccccc2)N1. The fourth-order valence-corrected chi connectivity index (χ4v) is 9.28. The number of hydrogen-bond acceptors (Lipinski definition) is 7. The average molecular weight is 568 g/mol. The van der Waals surface area contributed by atoms with Gasteiger partial charge in [-0.2, -0.15) is 10.6 Å². The molecule has 0 aliphatic carbocycles. The zero-order valence-electron chi connectivity index (χ0n) is 23.6. The predicted octanol–water partition coefficient (Wildman–Crippen LogP) is 8.04. The van der Waals surface area contributed by atoms with Crippen LogP contribution in [-0.4, -0.2) is 46.9 Å². The zero-order valence-corrected chi connectivity index (χ0v) is 25.3. The highest BCUT2D eigenvalue weighted by Crippen LogP contribution is 2.58. The first-order valence-electron chi connectivity index (χ1n) is 13.8. The van der Waals surface area contributed by atoms with Crippen LogP contribution in [0.4, 0.5) is 0 Å². The molecule has 1 aliphatic rings. The summed E-state index contributed by atoms with van der Waals surface area (Å²) in [6.45, 7) is 8.54. The van der Waals surface area contributed by atoms with Crippen molar-refractivity contribution >= 4 is 18.2 Å². The number of ether oxygens (including phenoxy) is 1. The Morgan fingerprint density at radius 3 is 2.32 bits per heavy atom. The van der Waals surface area contributed by atoms with Crippen molar-refractivity contribution in [1.29, 1.82) is 0 Å². The number of benzene rings is 2. The molecule has 0 bridgehead atoms. The van der Waals surface area contributed by atoms with Gasteiger partial charge in [0, 0.05) is 11.1 Å². The van der Waals surface area contributed by atoms with Gasteiger partial charge in [0.25, 0.3) is 0 Å². The molecule has 214 valence electrons. The third-order valence-electron chi connectivity index (χ3n) is 7.35. The van der Waals surface area contributed by atoms with Crippen molar-refractivity contribution < 1.29 is 27.5 Å². The van der Waals surface area contributed by atoms with Crippen LogP contribution in [0.25, 0.3) is 0 Å². The van der Waals surface area contributed by atoms with E-state index in [1.807, 2.05) is 30.3 Å². The molecule has 0 spiro atoms. The number of nitrogens with one attached hydrogen (secondary N) is 1. The van der Waals surface area contributed by atoms with E-state index in [1.165, 1.54) is 0 Å². The summed E-state index contributed by atoms with van der Waals surface area (Å²) in [4.78, 5) is 0.569. The van der Waals surface area contributed by atoms with Crippen molar-refractivity contribution in [2.75, 3.05) is 32.2 Å². The third-order valence-corrected chi connectivity index (χ3v) is 11.5. The maximum absolute atomic E-state index is 13.0. The Hall–Kier alpha value is -1.38. The molecule has 2 aromatic rings. The van der Waals surface area contributed by atoms with Crippen LogP contribution in [0.3, 0.4) is 0 Å². The number of unbranched alkanes of at least 4 members (excludes halogenated alkanes) is 1. The number of hydrogen-bond donors (Lipinski definition) is 3. The van der Waals surface area contributed by atoms with Gasteiger partial charge < -0.3 is 13.8 Å². The van der Waals surface area contributed by atoms with Crippen LogP contribution in [0.2, 0.25) is 0 Å². The molecule has 2 unspecified atom stereocenters. The Bertz CT molecular complexity index is 1070. The maximum atomic E-state index is 13.0. The lowest BCUT2D eigenvalue weighted by molar-refractivity contribution is 0.220. The predicted molar refractivity (Wildman–Crippen MR) is 157 cm³/mol. The van der Waals surface area contributed by atoms with E-state index in [4.69, 9.17) is 13.8 Å². The van der Waals surface area contributed by atoms with Crippen LogP contribution < -0.4 is 10.1 Å². The summed E-state index contributed by atoms with van der Waals surface area (Å²) in [6, 6.07) is 13.8. The lowest BCUT2D eigenvalue weighted by atomic mass is 9.87. The molecule has 1 heterocycles. The molecule has 0 amide bonds. The summed E-state index contributed by atoms with van der Waals surface area (Å²) in [5.41, 5.74) is 2.35. The topological polar surface area (TPSA) is 97.3 Å². The lowest BCUT2D eigenvalue weighted by Crippen LogP contribution is -2.49. The van der Waals surface area contributed by atoms with Gasteiger partial charge in [0.05, 0.1) is 43.2 Å². The molecular formula is C29H46NO6PS. The van der Waals surface area contributed by atoms with Gasteiger partial charge in [-0.3, -0.25) is 19.0 Å². The van der Waals surface area contributed by atoms with Crippen LogP contribution in [0, 0.1) is 0 Å². The summed E-state index contributed by atoms with van der Waals surface area (Å²) in [6.07, 6.45) is 5.08. The second-order valence-electron chi connectivity index (χ2n) is 10.0. The first-order chi connectivity index (χ1) is 18.2. The molecule has 2 atom stereocenters. The Balaban J connectivity index is 2.06. The smallest absolute Gasteiger partial charge is 0.330 e. The Labute approximate surface area is 230 Å². The average Bonchev–Trinajstić information content (AvgIpc) is 3.00. The maximum Gasteiger partial charge on any atom is 0.330 e. The molecule has 0 radical (unpaired) electrons. The van der Waals surface area contributed by atoms with Gasteiger partial charge in [-0.1, -0.05) is 57.0 Å². The third kappa shape index (κ3) is 7.42. The van der Waals surface area contributed by atoms with Gasteiger partial charge in [0.15, 0.2) is 0 Å². The van der Waals surface area contributed by atoms with Crippen molar-refractivity contribution in [2.45, 2.75) is 82.7 Å². The summed E-state index contributed by atoms with van der Waals surface area (Å²) in [5.74, 6) is 0.949. The molecule has 0 aromatic heterocycles. The molecule has 0 fully saturated rings. The second kappa shape index (κ2) is 13.8. The fraction of sp³-hybridized carbons (Fsp3) is 0.586. The number of rotatable bonds is 14. The summed E-state index contributed by atoms with van der Waals surface area (Å²) < 4.78 is 53.1. The Morgan fingerprint density at radius 2 is 1.74 bits per heavy atom. The van der Waals surface area contributed by atoms with Crippen molar-refractivity contribution in [3.8, 4) is 5.75 Å². The normalized spacial score (nSPS) is 21.9. The van der Waals surface area contributed by atoms with E-state index in [9.17, 15) is 13.7 Å². The standard InChI is InChI=1S/C29H46NO6PS/c1-6-10-18-29(7-2)22-38(32,33)27-20-24(17-14-19-37(31,35-8-3)36-9-4)26(34-5)21-25(27)28(30-29)23-15-12-11-13-16-23/h11-13,15-16,20-21,28,30,32-33H,6-10,14,17-19,22H2,1-5H3. The van der Waals surface area contributed by atoms with Gasteiger partial charge >= 0.3 is 7.60 Å². The van der Waals surface area contributed by atoms with Crippen LogP contribution >= 0.6 is 18.2 Å². The minimum absolute atomic E-state index is 0.212. The van der Waals surface area contributed by atoms with Crippen molar-refractivity contribution in [1.82, 2.24) is 5.32 Å². The van der Waals surface area contributed by atoms with Gasteiger partial charge in [-0.05, 0) is 62.8 Å². The van der Waals surface area contributed by atoms with Crippen LogP contribution in [0.15, 0.2) is 47.4 Å². The largest absolute Gasteiger partial charge is 0.496 e. The van der Waals surface area contributed by atoms with Crippen LogP contribution in [0.5, 0.6) is 5.75 Å². The van der Waals surface area contributed by atoms with Gasteiger partial charge in [0.2, 0.25) is 0 Å². The molecule has 3 N–H and O–H groups in total. The monoisotopic (exact) mass is 567 g/mol. The molecule has 3 rings (SSSR count). The first kappa shape index (κ1) is 31.2. The van der Waals surface area contributed by atoms with Crippen LogP contribution in [0.1, 0.15) is 82.5 Å². The van der Waals surface area contributed by atoms with E-state index in [2.05, 4.69) is 31.3 Å². The fourth-order valence-electron chi connectivity index (χ4n) is 5.37. The second-order valence-corrected chi connectivity index (χ2v) is 14.3. The van der Waals surface area contributed by atoms with Gasteiger partial charge in [-0.25, -0.2) is 0 Å². The minimum atomic E-state index is -3.16. The zero-order chi connectivity index (χ0) is 27.8. The Kier molecular flexibility index (Phi) is 11.3. The molecule has 0 saturated heterocycles. The highest BCUT2D eigenvalue weighted by Gasteiger charge is 2.42. The van der Waals surface area contributed by atoms with Gasteiger partial charge in [0.1, 0.15) is 5.75 Å². The highest BCUT2D eigenvalue weighted by molar-refractivity contribution is 8.24. The minimum Gasteiger partial charge on any atom is -0.496 e. The first-order valence-corrected chi connectivity index (χ1v) is 17.3. The number of methoxy groups -OCH3 is 1. The summed E-state index contributed by atoms with van der Waals surface area (Å²) >= 11 is 0. The van der Waals surface area contributed by atoms with E-state index >= 15 is 0 Å². The summed E-state index contributed by atoms with van der Waals surface area (Å²) in [7, 11) is -4.64. The quantitative estimate of drug-likeness (QED) is 0.199. The van der Waals surface area contributed by atoms with Crippen molar-refractivity contribution in [2.24, 2.45) is 0 Å². The van der Waals surface area contributed by atoms with Crippen LogP contribution in [-0.2, 0) is 20.0 Å². The molecule has 7 nitrogen and oxygen atoms in total. The van der Waals surface area contributed by atoms with Crippen molar-refractivity contribution in [3.05, 3.63) is 59.2 Å². The van der Waals surface area contributed by atoms with E-state index < -0.39 is 23.7 Å². The Morgan fingerprint density at radius 1 is 1.05 bits per heavy atom. The number of fused-ring (bicyclic) bond motifs is 1. The van der Waals surface area contributed by atoms with E-state index in [-0.39, 0.29) is 18.0 Å². The lowest BCUT2D eigenvalue weighted by Gasteiger charge is -2.42. The van der Waals surface area contributed by atoms with E-state index in [1.54, 1.807) is 21.0 Å². The van der Waals surface area contributed by atoms with E-state index in [0.29, 0.717) is 36.7 Å². The molecule has 1 aliphatic heterocycles. The molecular weight excluding hydrogens is 521 g/mol. The molecule has 38 heavy (non-hydrogen) atoms.